The average molecular weight is 444 g/mol. The van der Waals surface area contributed by atoms with Crippen molar-refractivity contribution in [1.29, 1.82) is 0 Å². The van der Waals surface area contributed by atoms with E-state index in [4.69, 9.17) is 14.2 Å². The third-order valence-corrected chi connectivity index (χ3v) is 5.51. The fourth-order valence-electron chi connectivity index (χ4n) is 2.25. The Morgan fingerprint density at radius 2 is 1.65 bits per heavy atom. The molecule has 0 saturated carbocycles. The van der Waals surface area contributed by atoms with E-state index in [9.17, 15) is 8.42 Å². The van der Waals surface area contributed by atoms with Crippen LogP contribution in [0.4, 0.5) is 0 Å². The number of nitrogens with one attached hydrogen (secondary N) is 1. The van der Waals surface area contributed by atoms with Gasteiger partial charge in [-0.05, 0) is 65.7 Å². The SMILES string of the molecule is COc1ccc(S(=O)(=O)NCc2ccc(OC(C)C)c(OC)c2)cc1Br. The molecule has 2 aromatic rings. The number of halogens is 1. The number of ether oxygens (including phenoxy) is 3. The van der Waals surface area contributed by atoms with Crippen LogP contribution in [0, 0.1) is 0 Å². The second kappa shape index (κ2) is 8.75. The Hall–Kier alpha value is -1.77. The molecule has 1 N–H and O–H groups in total. The quantitative estimate of drug-likeness (QED) is 0.672. The molecule has 0 aromatic heterocycles. The summed E-state index contributed by atoms with van der Waals surface area (Å²) in [4.78, 5) is 0.150. The summed E-state index contributed by atoms with van der Waals surface area (Å²) in [5.74, 6) is 1.74. The molecule has 0 aliphatic carbocycles. The van der Waals surface area contributed by atoms with E-state index in [0.717, 1.165) is 5.56 Å². The minimum Gasteiger partial charge on any atom is -0.496 e. The number of sulfonamides is 1. The maximum absolute atomic E-state index is 12.5. The zero-order valence-corrected chi connectivity index (χ0v) is 17.5. The van der Waals surface area contributed by atoms with E-state index in [1.807, 2.05) is 13.8 Å². The van der Waals surface area contributed by atoms with E-state index in [1.165, 1.54) is 19.2 Å². The van der Waals surface area contributed by atoms with Gasteiger partial charge in [0.2, 0.25) is 10.0 Å². The van der Waals surface area contributed by atoms with Crippen LogP contribution in [0.1, 0.15) is 19.4 Å². The summed E-state index contributed by atoms with van der Waals surface area (Å²) in [6, 6.07) is 9.91. The molecule has 6 nitrogen and oxygen atoms in total. The highest BCUT2D eigenvalue weighted by atomic mass is 79.9. The summed E-state index contributed by atoms with van der Waals surface area (Å²) in [7, 11) is -0.595. The van der Waals surface area contributed by atoms with Crippen LogP contribution in [-0.4, -0.2) is 28.7 Å². The summed E-state index contributed by atoms with van der Waals surface area (Å²) in [5, 5.41) is 0. The molecule has 0 atom stereocenters. The normalized spacial score (nSPS) is 11.5. The van der Waals surface area contributed by atoms with Crippen LogP contribution < -0.4 is 18.9 Å². The Kier molecular flexibility index (Phi) is 6.91. The molecule has 2 aromatic carbocycles. The molecule has 0 amide bonds. The summed E-state index contributed by atoms with van der Waals surface area (Å²) in [5.41, 5.74) is 0.758. The molecular formula is C18H22BrNO5S. The van der Waals surface area contributed by atoms with Crippen LogP contribution >= 0.6 is 15.9 Å². The zero-order valence-electron chi connectivity index (χ0n) is 15.1. The number of benzene rings is 2. The molecule has 0 bridgehead atoms. The number of rotatable bonds is 8. The number of methoxy groups -OCH3 is 2. The molecular weight excluding hydrogens is 422 g/mol. The van der Waals surface area contributed by atoms with Crippen molar-refractivity contribution >= 4 is 26.0 Å². The Balaban J connectivity index is 2.15. The standard InChI is InChI=1S/C18H22BrNO5S/c1-12(2)25-17-7-5-13(9-18(17)24-4)11-20-26(21,22)14-6-8-16(23-3)15(19)10-14/h5-10,12,20H,11H2,1-4H3. The van der Waals surface area contributed by atoms with Gasteiger partial charge in [0.25, 0.3) is 0 Å². The van der Waals surface area contributed by atoms with Crippen molar-refractivity contribution in [2.45, 2.75) is 31.4 Å². The molecule has 142 valence electrons. The lowest BCUT2D eigenvalue weighted by atomic mass is 10.2. The second-order valence-electron chi connectivity index (χ2n) is 5.77. The van der Waals surface area contributed by atoms with Gasteiger partial charge in [-0.25, -0.2) is 13.1 Å². The van der Waals surface area contributed by atoms with E-state index < -0.39 is 10.0 Å². The molecule has 0 unspecified atom stereocenters. The Morgan fingerprint density at radius 3 is 2.23 bits per heavy atom. The van der Waals surface area contributed by atoms with Crippen molar-refractivity contribution in [3.8, 4) is 17.2 Å². The first-order valence-electron chi connectivity index (χ1n) is 7.93. The number of hydrogen-bond donors (Lipinski definition) is 1. The van der Waals surface area contributed by atoms with Crippen molar-refractivity contribution in [3.63, 3.8) is 0 Å². The molecule has 0 aliphatic heterocycles. The van der Waals surface area contributed by atoms with E-state index in [2.05, 4.69) is 20.7 Å². The summed E-state index contributed by atoms with van der Waals surface area (Å²) in [6.45, 7) is 3.98. The first kappa shape index (κ1) is 20.5. The van der Waals surface area contributed by atoms with Gasteiger partial charge in [0, 0.05) is 6.54 Å². The minimum absolute atomic E-state index is 0.0155. The summed E-state index contributed by atoms with van der Waals surface area (Å²) in [6.07, 6.45) is 0.0155. The average Bonchev–Trinajstić information content (AvgIpc) is 2.60. The molecule has 2 rings (SSSR count). The highest BCUT2D eigenvalue weighted by Crippen LogP contribution is 2.30. The van der Waals surface area contributed by atoms with E-state index in [1.54, 1.807) is 31.4 Å². The third-order valence-electron chi connectivity index (χ3n) is 3.49. The summed E-state index contributed by atoms with van der Waals surface area (Å²) < 4.78 is 44.2. The van der Waals surface area contributed by atoms with Crippen molar-refractivity contribution in [2.75, 3.05) is 14.2 Å². The topological polar surface area (TPSA) is 73.9 Å². The molecule has 26 heavy (non-hydrogen) atoms. The van der Waals surface area contributed by atoms with Crippen LogP contribution in [0.5, 0.6) is 17.2 Å². The highest BCUT2D eigenvalue weighted by molar-refractivity contribution is 9.10. The van der Waals surface area contributed by atoms with Crippen LogP contribution in [0.3, 0.4) is 0 Å². The molecule has 0 saturated heterocycles. The smallest absolute Gasteiger partial charge is 0.240 e. The Morgan fingerprint density at radius 1 is 1.00 bits per heavy atom. The minimum atomic E-state index is -3.66. The lowest BCUT2D eigenvalue weighted by Gasteiger charge is -2.15. The largest absolute Gasteiger partial charge is 0.496 e. The van der Waals surface area contributed by atoms with Crippen LogP contribution in [0.15, 0.2) is 45.8 Å². The summed E-state index contributed by atoms with van der Waals surface area (Å²) >= 11 is 3.29. The van der Waals surface area contributed by atoms with Gasteiger partial charge in [0.05, 0.1) is 29.7 Å². The van der Waals surface area contributed by atoms with E-state index in [0.29, 0.717) is 21.7 Å². The molecule has 0 spiro atoms. The van der Waals surface area contributed by atoms with Gasteiger partial charge in [-0.2, -0.15) is 0 Å². The van der Waals surface area contributed by atoms with Crippen molar-refractivity contribution < 1.29 is 22.6 Å². The third kappa shape index (κ3) is 5.12. The van der Waals surface area contributed by atoms with Gasteiger partial charge in [0.1, 0.15) is 5.75 Å². The molecule has 0 heterocycles. The number of hydrogen-bond acceptors (Lipinski definition) is 5. The van der Waals surface area contributed by atoms with E-state index >= 15 is 0 Å². The monoisotopic (exact) mass is 443 g/mol. The van der Waals surface area contributed by atoms with Crippen molar-refractivity contribution in [1.82, 2.24) is 4.72 Å². The lowest BCUT2D eigenvalue weighted by molar-refractivity contribution is 0.230. The predicted octanol–water partition coefficient (Wildman–Crippen LogP) is 3.73. The first-order valence-corrected chi connectivity index (χ1v) is 10.2. The van der Waals surface area contributed by atoms with Crippen LogP contribution in [0.2, 0.25) is 0 Å². The Bertz CT molecular complexity index is 868. The van der Waals surface area contributed by atoms with Gasteiger partial charge >= 0.3 is 0 Å². The molecule has 0 fully saturated rings. The van der Waals surface area contributed by atoms with Gasteiger partial charge in [-0.15, -0.1) is 0 Å². The van der Waals surface area contributed by atoms with Gasteiger partial charge < -0.3 is 14.2 Å². The Labute approximate surface area is 162 Å². The van der Waals surface area contributed by atoms with Crippen LogP contribution in [-0.2, 0) is 16.6 Å². The zero-order chi connectivity index (χ0) is 19.3. The maximum Gasteiger partial charge on any atom is 0.240 e. The molecule has 0 radical (unpaired) electrons. The lowest BCUT2D eigenvalue weighted by Crippen LogP contribution is -2.23. The van der Waals surface area contributed by atoms with Crippen molar-refractivity contribution in [2.24, 2.45) is 0 Å². The maximum atomic E-state index is 12.5. The first-order chi connectivity index (χ1) is 12.3. The van der Waals surface area contributed by atoms with Crippen LogP contribution in [0.25, 0.3) is 0 Å². The fourth-order valence-corrected chi connectivity index (χ4v) is 3.98. The van der Waals surface area contributed by atoms with Gasteiger partial charge in [-0.3, -0.25) is 0 Å². The molecule has 0 aliphatic rings. The van der Waals surface area contributed by atoms with Gasteiger partial charge in [0.15, 0.2) is 11.5 Å². The highest BCUT2D eigenvalue weighted by Gasteiger charge is 2.16. The molecule has 8 heteroatoms. The second-order valence-corrected chi connectivity index (χ2v) is 8.39. The van der Waals surface area contributed by atoms with Gasteiger partial charge in [-0.1, -0.05) is 6.07 Å². The van der Waals surface area contributed by atoms with Crippen molar-refractivity contribution in [3.05, 3.63) is 46.4 Å². The fraction of sp³-hybridized carbons (Fsp3) is 0.333. The van der Waals surface area contributed by atoms with E-state index in [-0.39, 0.29) is 17.5 Å². The predicted molar refractivity (Wildman–Crippen MR) is 103 cm³/mol.